The lowest BCUT2D eigenvalue weighted by Gasteiger charge is -2.23. The second-order valence-electron chi connectivity index (χ2n) is 9.60. The van der Waals surface area contributed by atoms with Crippen molar-refractivity contribution in [1.82, 2.24) is 19.6 Å². The van der Waals surface area contributed by atoms with Gasteiger partial charge in [-0.05, 0) is 47.2 Å². The van der Waals surface area contributed by atoms with Crippen molar-refractivity contribution >= 4 is 17.5 Å². The fraction of sp³-hybridized carbons (Fsp3) is 0.400. The summed E-state index contributed by atoms with van der Waals surface area (Å²) < 4.78 is 1.94. The summed E-state index contributed by atoms with van der Waals surface area (Å²) >= 11 is 0. The molecule has 6 heteroatoms. The lowest BCUT2D eigenvalue weighted by Crippen LogP contribution is -2.31. The second kappa shape index (κ2) is 8.53. The molecule has 0 spiro atoms. The summed E-state index contributed by atoms with van der Waals surface area (Å²) in [6, 6.07) is 11.7. The molecule has 0 bridgehead atoms. The Balaban J connectivity index is 1.32. The third kappa shape index (κ3) is 5.13. The molecule has 0 saturated carbocycles. The highest BCUT2D eigenvalue weighted by atomic mass is 16.2. The molecule has 162 valence electrons. The van der Waals surface area contributed by atoms with Crippen molar-refractivity contribution in [1.29, 1.82) is 0 Å². The first kappa shape index (κ1) is 21.1. The zero-order chi connectivity index (χ0) is 22.0. The van der Waals surface area contributed by atoms with Crippen molar-refractivity contribution in [3.8, 4) is 0 Å². The number of amides is 2. The quantitative estimate of drug-likeness (QED) is 0.681. The first-order valence-corrected chi connectivity index (χ1v) is 10.9. The average Bonchev–Trinajstić information content (AvgIpc) is 3.40. The monoisotopic (exact) mass is 418 g/mol. The van der Waals surface area contributed by atoms with Crippen LogP contribution < -0.4 is 5.32 Å². The molecule has 1 aromatic carbocycles. The number of rotatable bonds is 5. The number of carbonyl (C=O) groups excluding carboxylic acids is 2. The van der Waals surface area contributed by atoms with E-state index in [-0.39, 0.29) is 17.2 Å². The minimum absolute atomic E-state index is 0.00840. The summed E-state index contributed by atoms with van der Waals surface area (Å²) in [7, 11) is 0. The van der Waals surface area contributed by atoms with Gasteiger partial charge in [0.05, 0.1) is 0 Å². The molecule has 4 rings (SSSR count). The highest BCUT2D eigenvalue weighted by Crippen LogP contribution is 2.29. The number of imidazole rings is 1. The summed E-state index contributed by atoms with van der Waals surface area (Å²) in [4.78, 5) is 31.3. The van der Waals surface area contributed by atoms with E-state index in [1.54, 1.807) is 6.20 Å². The SMILES string of the molecule is CC(C)(C)CC(=O)N1CCC(c2ccc(C(=O)NCc3ccn4ccnc4c3)cc2)C1. The van der Waals surface area contributed by atoms with E-state index >= 15 is 0 Å². The minimum Gasteiger partial charge on any atom is -0.348 e. The van der Waals surface area contributed by atoms with Crippen molar-refractivity contribution in [3.63, 3.8) is 0 Å². The van der Waals surface area contributed by atoms with E-state index in [0.29, 0.717) is 24.4 Å². The van der Waals surface area contributed by atoms with Gasteiger partial charge in [0.1, 0.15) is 5.65 Å². The Labute approximate surface area is 183 Å². The summed E-state index contributed by atoms with van der Waals surface area (Å²) in [6.07, 6.45) is 7.13. The maximum Gasteiger partial charge on any atom is 0.251 e. The molecule has 1 unspecified atom stereocenters. The average molecular weight is 419 g/mol. The van der Waals surface area contributed by atoms with E-state index < -0.39 is 0 Å². The van der Waals surface area contributed by atoms with E-state index in [0.717, 1.165) is 30.7 Å². The van der Waals surface area contributed by atoms with Gasteiger partial charge in [0.25, 0.3) is 5.91 Å². The molecule has 6 nitrogen and oxygen atoms in total. The van der Waals surface area contributed by atoms with Crippen molar-refractivity contribution in [3.05, 3.63) is 71.7 Å². The Morgan fingerprint density at radius 2 is 1.90 bits per heavy atom. The minimum atomic E-state index is -0.0943. The maximum absolute atomic E-state index is 12.6. The van der Waals surface area contributed by atoms with Gasteiger partial charge in [-0.25, -0.2) is 4.98 Å². The predicted molar refractivity (Wildman–Crippen MR) is 121 cm³/mol. The Bertz CT molecular complexity index is 1080. The van der Waals surface area contributed by atoms with E-state index in [2.05, 4.69) is 31.1 Å². The molecule has 1 saturated heterocycles. The van der Waals surface area contributed by atoms with Crippen molar-refractivity contribution in [2.45, 2.75) is 46.1 Å². The number of hydrogen-bond donors (Lipinski definition) is 1. The van der Waals surface area contributed by atoms with E-state index in [9.17, 15) is 9.59 Å². The molecule has 1 atom stereocenters. The topological polar surface area (TPSA) is 66.7 Å². The van der Waals surface area contributed by atoms with Gasteiger partial charge in [-0.3, -0.25) is 9.59 Å². The van der Waals surface area contributed by atoms with Gasteiger partial charge < -0.3 is 14.6 Å². The molecule has 1 N–H and O–H groups in total. The van der Waals surface area contributed by atoms with Crippen LogP contribution >= 0.6 is 0 Å². The van der Waals surface area contributed by atoms with E-state index in [1.807, 2.05) is 58.1 Å². The molecule has 1 fully saturated rings. The normalized spacial score (nSPS) is 16.6. The van der Waals surface area contributed by atoms with Crippen LogP contribution in [0.3, 0.4) is 0 Å². The van der Waals surface area contributed by atoms with Crippen LogP contribution in [-0.2, 0) is 11.3 Å². The fourth-order valence-electron chi connectivity index (χ4n) is 4.08. The standard InChI is InChI=1S/C25H30N4O2/c1-25(2,3)15-23(30)29-12-9-21(17-29)19-4-6-20(7-5-19)24(31)27-16-18-8-11-28-13-10-26-22(28)14-18/h4-8,10-11,13-14,21H,9,12,15-17H2,1-3H3,(H,27,31). The number of aromatic nitrogens is 2. The van der Waals surface area contributed by atoms with Gasteiger partial charge in [-0.2, -0.15) is 0 Å². The Morgan fingerprint density at radius 3 is 2.65 bits per heavy atom. The van der Waals surface area contributed by atoms with E-state index in [1.165, 1.54) is 5.56 Å². The Kier molecular flexibility index (Phi) is 5.81. The fourth-order valence-corrected chi connectivity index (χ4v) is 4.08. The number of nitrogens with one attached hydrogen (secondary N) is 1. The van der Waals surface area contributed by atoms with Crippen LogP contribution in [0.4, 0.5) is 0 Å². The van der Waals surface area contributed by atoms with Gasteiger partial charge in [0.2, 0.25) is 5.91 Å². The third-order valence-electron chi connectivity index (χ3n) is 5.78. The molecular weight excluding hydrogens is 388 g/mol. The zero-order valence-corrected chi connectivity index (χ0v) is 18.5. The van der Waals surface area contributed by atoms with Gasteiger partial charge in [0.15, 0.2) is 0 Å². The van der Waals surface area contributed by atoms with Gasteiger partial charge in [0, 0.05) is 56.1 Å². The number of carbonyl (C=O) groups is 2. The molecule has 1 aliphatic heterocycles. The van der Waals surface area contributed by atoms with Crippen LogP contribution in [-0.4, -0.2) is 39.2 Å². The molecular formula is C25H30N4O2. The Morgan fingerprint density at radius 1 is 1.13 bits per heavy atom. The number of hydrogen-bond acceptors (Lipinski definition) is 3. The number of fused-ring (bicyclic) bond motifs is 1. The van der Waals surface area contributed by atoms with Crippen molar-refractivity contribution < 1.29 is 9.59 Å². The van der Waals surface area contributed by atoms with Gasteiger partial charge >= 0.3 is 0 Å². The van der Waals surface area contributed by atoms with Crippen LogP contribution in [0.15, 0.2) is 55.0 Å². The number of benzene rings is 1. The van der Waals surface area contributed by atoms with E-state index in [4.69, 9.17) is 0 Å². The maximum atomic E-state index is 12.6. The molecule has 3 heterocycles. The molecule has 0 aliphatic carbocycles. The lowest BCUT2D eigenvalue weighted by atomic mass is 9.91. The van der Waals surface area contributed by atoms with Crippen LogP contribution in [0.1, 0.15) is 61.0 Å². The summed E-state index contributed by atoms with van der Waals surface area (Å²) in [5.74, 6) is 0.477. The van der Waals surface area contributed by atoms with Crippen LogP contribution in [0.25, 0.3) is 5.65 Å². The molecule has 2 aromatic heterocycles. The molecule has 1 aliphatic rings. The summed E-state index contributed by atoms with van der Waals surface area (Å²) in [6.45, 7) is 8.31. The molecule has 31 heavy (non-hydrogen) atoms. The highest BCUT2D eigenvalue weighted by Gasteiger charge is 2.29. The van der Waals surface area contributed by atoms with Crippen LogP contribution in [0, 0.1) is 5.41 Å². The summed E-state index contributed by atoms with van der Waals surface area (Å²) in [5.41, 5.74) is 3.71. The van der Waals surface area contributed by atoms with Crippen LogP contribution in [0.2, 0.25) is 0 Å². The number of likely N-dealkylation sites (tertiary alicyclic amines) is 1. The van der Waals surface area contributed by atoms with Crippen molar-refractivity contribution in [2.75, 3.05) is 13.1 Å². The molecule has 2 amide bonds. The number of pyridine rings is 1. The molecule has 3 aromatic rings. The van der Waals surface area contributed by atoms with Crippen molar-refractivity contribution in [2.24, 2.45) is 5.41 Å². The highest BCUT2D eigenvalue weighted by molar-refractivity contribution is 5.94. The predicted octanol–water partition coefficient (Wildman–Crippen LogP) is 4.02. The largest absolute Gasteiger partial charge is 0.348 e. The molecule has 0 radical (unpaired) electrons. The smallest absolute Gasteiger partial charge is 0.251 e. The lowest BCUT2D eigenvalue weighted by molar-refractivity contribution is -0.132. The Hall–Kier alpha value is -3.15. The van der Waals surface area contributed by atoms with Crippen LogP contribution in [0.5, 0.6) is 0 Å². The van der Waals surface area contributed by atoms with Gasteiger partial charge in [-0.15, -0.1) is 0 Å². The second-order valence-corrected chi connectivity index (χ2v) is 9.60. The first-order valence-electron chi connectivity index (χ1n) is 10.9. The van der Waals surface area contributed by atoms with Gasteiger partial charge in [-0.1, -0.05) is 32.9 Å². The first-order chi connectivity index (χ1) is 14.8. The summed E-state index contributed by atoms with van der Waals surface area (Å²) in [5, 5.41) is 2.98. The third-order valence-corrected chi connectivity index (χ3v) is 5.78. The number of nitrogens with zero attached hydrogens (tertiary/aromatic N) is 3. The zero-order valence-electron chi connectivity index (χ0n) is 18.5.